The highest BCUT2D eigenvalue weighted by molar-refractivity contribution is 5.81. The van der Waals surface area contributed by atoms with Crippen LogP contribution in [0.1, 0.15) is 18.4 Å². The average Bonchev–Trinajstić information content (AvgIpc) is 2.54. The smallest absolute Gasteiger partial charge is 0.0615 e. The van der Waals surface area contributed by atoms with E-state index in [9.17, 15) is 5.11 Å². The molecule has 0 spiro atoms. The summed E-state index contributed by atoms with van der Waals surface area (Å²) in [6.45, 7) is 2.36. The molecule has 2 heterocycles. The Labute approximate surface area is 118 Å². The van der Waals surface area contributed by atoms with Crippen LogP contribution in [0.25, 0.3) is 10.8 Å². The zero-order chi connectivity index (χ0) is 13.8. The number of aliphatic hydroxyl groups is 1. The third-order valence-corrected chi connectivity index (χ3v) is 4.13. The fraction of sp³-hybridized carbons (Fsp3) is 0.438. The first kappa shape index (κ1) is 13.5. The lowest BCUT2D eigenvalue weighted by molar-refractivity contribution is 0.0112. The van der Waals surface area contributed by atoms with Crippen molar-refractivity contribution in [3.05, 3.63) is 42.2 Å². The summed E-state index contributed by atoms with van der Waals surface area (Å²) in [5.74, 6) is 0. The molecule has 4 nitrogen and oxygen atoms in total. The van der Waals surface area contributed by atoms with Gasteiger partial charge in [0.1, 0.15) is 0 Å². The Balaban J connectivity index is 1.72. The van der Waals surface area contributed by atoms with Crippen molar-refractivity contribution in [1.29, 1.82) is 0 Å². The van der Waals surface area contributed by atoms with Crippen molar-refractivity contribution in [2.45, 2.75) is 24.9 Å². The van der Waals surface area contributed by atoms with Crippen molar-refractivity contribution in [2.24, 2.45) is 0 Å². The standard InChI is InChI=1S/C16H20N2O2/c19-12-16(4-7-20-8-5-16)18-10-13-1-2-15-11-17-6-3-14(15)9-13/h1-3,6,9,11,18-19H,4-5,7-8,10,12H2. The van der Waals surface area contributed by atoms with Gasteiger partial charge in [0, 0.05) is 43.1 Å². The van der Waals surface area contributed by atoms with Crippen molar-refractivity contribution < 1.29 is 9.84 Å². The second kappa shape index (κ2) is 5.87. The number of fused-ring (bicyclic) bond motifs is 1. The quantitative estimate of drug-likeness (QED) is 0.892. The maximum absolute atomic E-state index is 9.66. The molecule has 0 unspecified atom stereocenters. The molecule has 1 saturated heterocycles. The summed E-state index contributed by atoms with van der Waals surface area (Å²) in [5, 5.41) is 15.5. The van der Waals surface area contributed by atoms with Gasteiger partial charge in [-0.05, 0) is 35.9 Å². The van der Waals surface area contributed by atoms with Gasteiger partial charge in [-0.1, -0.05) is 12.1 Å². The van der Waals surface area contributed by atoms with E-state index < -0.39 is 0 Å². The second-order valence-electron chi connectivity index (χ2n) is 5.46. The van der Waals surface area contributed by atoms with E-state index in [2.05, 4.69) is 28.5 Å². The summed E-state index contributed by atoms with van der Waals surface area (Å²) in [6.07, 6.45) is 5.41. The molecule has 106 valence electrons. The molecule has 0 aliphatic carbocycles. The molecule has 4 heteroatoms. The summed E-state index contributed by atoms with van der Waals surface area (Å²) >= 11 is 0. The van der Waals surface area contributed by atoms with Gasteiger partial charge < -0.3 is 15.2 Å². The summed E-state index contributed by atoms with van der Waals surface area (Å²) in [7, 11) is 0. The first-order valence-electron chi connectivity index (χ1n) is 7.08. The molecule has 2 N–H and O–H groups in total. The Bertz CT molecular complexity index is 579. The zero-order valence-corrected chi connectivity index (χ0v) is 11.5. The third kappa shape index (κ3) is 2.82. The van der Waals surface area contributed by atoms with Crippen LogP contribution in [0.2, 0.25) is 0 Å². The average molecular weight is 272 g/mol. The topological polar surface area (TPSA) is 54.4 Å². The molecule has 1 aliphatic heterocycles. The van der Waals surface area contributed by atoms with E-state index in [1.807, 2.05) is 18.5 Å². The lowest BCUT2D eigenvalue weighted by Gasteiger charge is -2.36. The summed E-state index contributed by atoms with van der Waals surface area (Å²) in [5.41, 5.74) is 1.04. The number of rotatable bonds is 4. The van der Waals surface area contributed by atoms with E-state index in [-0.39, 0.29) is 12.1 Å². The minimum absolute atomic E-state index is 0.161. The van der Waals surface area contributed by atoms with Gasteiger partial charge >= 0.3 is 0 Å². The third-order valence-electron chi connectivity index (χ3n) is 4.13. The molecule has 0 amide bonds. The van der Waals surface area contributed by atoms with E-state index in [0.717, 1.165) is 38.0 Å². The van der Waals surface area contributed by atoms with Crippen molar-refractivity contribution >= 4 is 10.8 Å². The largest absolute Gasteiger partial charge is 0.394 e. The van der Waals surface area contributed by atoms with E-state index in [1.54, 1.807) is 0 Å². The van der Waals surface area contributed by atoms with Crippen molar-refractivity contribution in [3.8, 4) is 0 Å². The molecule has 0 radical (unpaired) electrons. The maximum Gasteiger partial charge on any atom is 0.0615 e. The normalized spacial score (nSPS) is 18.2. The van der Waals surface area contributed by atoms with Crippen LogP contribution in [0.4, 0.5) is 0 Å². The van der Waals surface area contributed by atoms with Gasteiger partial charge in [0.2, 0.25) is 0 Å². The summed E-state index contributed by atoms with van der Waals surface area (Å²) in [4.78, 5) is 4.12. The Morgan fingerprint density at radius 3 is 2.85 bits per heavy atom. The van der Waals surface area contributed by atoms with Crippen LogP contribution in [0.3, 0.4) is 0 Å². The monoisotopic (exact) mass is 272 g/mol. The van der Waals surface area contributed by atoms with Gasteiger partial charge in [-0.3, -0.25) is 4.98 Å². The first-order valence-corrected chi connectivity index (χ1v) is 7.08. The molecule has 2 aromatic rings. The van der Waals surface area contributed by atoms with Gasteiger partial charge in [-0.15, -0.1) is 0 Å². The van der Waals surface area contributed by atoms with Gasteiger partial charge in [0.05, 0.1) is 6.61 Å². The predicted octanol–water partition coefficient (Wildman–Crippen LogP) is 1.87. The van der Waals surface area contributed by atoms with Crippen LogP contribution >= 0.6 is 0 Å². The zero-order valence-electron chi connectivity index (χ0n) is 11.5. The highest BCUT2D eigenvalue weighted by Gasteiger charge is 2.31. The Morgan fingerprint density at radius 1 is 1.20 bits per heavy atom. The van der Waals surface area contributed by atoms with Gasteiger partial charge in [0.15, 0.2) is 0 Å². The van der Waals surface area contributed by atoms with Crippen LogP contribution in [0.15, 0.2) is 36.7 Å². The van der Waals surface area contributed by atoms with Crippen LogP contribution in [-0.4, -0.2) is 35.5 Å². The maximum atomic E-state index is 9.66. The highest BCUT2D eigenvalue weighted by Crippen LogP contribution is 2.21. The molecule has 1 fully saturated rings. The minimum atomic E-state index is -0.189. The van der Waals surface area contributed by atoms with Crippen molar-refractivity contribution in [3.63, 3.8) is 0 Å². The van der Waals surface area contributed by atoms with Crippen LogP contribution in [0.5, 0.6) is 0 Å². The van der Waals surface area contributed by atoms with Gasteiger partial charge in [-0.25, -0.2) is 0 Å². The van der Waals surface area contributed by atoms with Crippen LogP contribution in [0, 0.1) is 0 Å². The van der Waals surface area contributed by atoms with Crippen LogP contribution in [-0.2, 0) is 11.3 Å². The van der Waals surface area contributed by atoms with Crippen molar-refractivity contribution in [1.82, 2.24) is 10.3 Å². The van der Waals surface area contributed by atoms with E-state index in [4.69, 9.17) is 4.74 Å². The summed E-state index contributed by atoms with van der Waals surface area (Å²) in [6, 6.07) is 8.40. The van der Waals surface area contributed by atoms with E-state index in [1.165, 1.54) is 10.9 Å². The molecule has 1 aliphatic rings. The second-order valence-corrected chi connectivity index (χ2v) is 5.46. The lowest BCUT2D eigenvalue weighted by Crippen LogP contribution is -2.51. The molecule has 0 atom stereocenters. The Hall–Kier alpha value is -1.49. The fourth-order valence-electron chi connectivity index (χ4n) is 2.69. The summed E-state index contributed by atoms with van der Waals surface area (Å²) < 4.78 is 5.38. The van der Waals surface area contributed by atoms with E-state index >= 15 is 0 Å². The molecule has 3 rings (SSSR count). The van der Waals surface area contributed by atoms with E-state index in [0.29, 0.717) is 0 Å². The Morgan fingerprint density at radius 2 is 2.05 bits per heavy atom. The number of hydrogen-bond donors (Lipinski definition) is 2. The molecule has 20 heavy (non-hydrogen) atoms. The number of aromatic nitrogens is 1. The number of pyridine rings is 1. The SMILES string of the molecule is OCC1(NCc2ccc3cnccc3c2)CCOCC1. The molecular formula is C16H20N2O2. The molecule has 1 aromatic carbocycles. The number of benzene rings is 1. The highest BCUT2D eigenvalue weighted by atomic mass is 16.5. The first-order chi connectivity index (χ1) is 9.81. The number of ether oxygens (including phenoxy) is 1. The number of nitrogens with one attached hydrogen (secondary N) is 1. The van der Waals surface area contributed by atoms with Crippen molar-refractivity contribution in [2.75, 3.05) is 19.8 Å². The molecule has 0 saturated carbocycles. The lowest BCUT2D eigenvalue weighted by atomic mass is 9.90. The van der Waals surface area contributed by atoms with Crippen LogP contribution < -0.4 is 5.32 Å². The fourth-order valence-corrected chi connectivity index (χ4v) is 2.69. The molecule has 1 aromatic heterocycles. The number of hydrogen-bond acceptors (Lipinski definition) is 4. The minimum Gasteiger partial charge on any atom is -0.394 e. The Kier molecular flexibility index (Phi) is 3.96. The number of aliphatic hydroxyl groups excluding tert-OH is 1. The molecular weight excluding hydrogens is 252 g/mol. The molecule has 0 bridgehead atoms. The predicted molar refractivity (Wildman–Crippen MR) is 78.5 cm³/mol. The number of nitrogens with zero attached hydrogens (tertiary/aromatic N) is 1. The van der Waals surface area contributed by atoms with Gasteiger partial charge in [-0.2, -0.15) is 0 Å². The van der Waals surface area contributed by atoms with Gasteiger partial charge in [0.25, 0.3) is 0 Å².